The van der Waals surface area contributed by atoms with E-state index in [1.165, 1.54) is 11.3 Å². The molecule has 2 N–H and O–H groups in total. The molecule has 0 aromatic carbocycles. The topological polar surface area (TPSA) is 75.6 Å². The summed E-state index contributed by atoms with van der Waals surface area (Å²) in [5.74, 6) is 0.275. The predicted molar refractivity (Wildman–Crippen MR) is 69.2 cm³/mol. The highest BCUT2D eigenvalue weighted by Gasteiger charge is 2.21. The van der Waals surface area contributed by atoms with E-state index in [0.717, 1.165) is 11.3 Å². The summed E-state index contributed by atoms with van der Waals surface area (Å²) in [6.07, 6.45) is 1.40. The number of aliphatic hydroxyl groups excluding tert-OH is 1. The molecule has 18 heavy (non-hydrogen) atoms. The van der Waals surface area contributed by atoms with Crippen molar-refractivity contribution in [1.29, 1.82) is 0 Å². The molecule has 1 atom stereocenters. The average molecular weight is 291 g/mol. The van der Waals surface area contributed by atoms with Crippen molar-refractivity contribution in [3.05, 3.63) is 17.0 Å². The van der Waals surface area contributed by atoms with Gasteiger partial charge in [-0.05, 0) is 24.5 Å². The van der Waals surface area contributed by atoms with Gasteiger partial charge in [-0.25, -0.2) is 13.1 Å². The number of ether oxygens (including phenoxy) is 1. The summed E-state index contributed by atoms with van der Waals surface area (Å²) in [6.45, 7) is 1.80. The Balaban J connectivity index is 1.95. The van der Waals surface area contributed by atoms with E-state index in [2.05, 4.69) is 4.72 Å². The molecular formula is C11H17NO4S2. The largest absolute Gasteiger partial charge is 0.396 e. The molecule has 0 saturated carbocycles. The minimum Gasteiger partial charge on any atom is -0.396 e. The molecule has 0 radical (unpaired) electrons. The summed E-state index contributed by atoms with van der Waals surface area (Å²) in [5, 5.41) is 8.81. The van der Waals surface area contributed by atoms with Gasteiger partial charge in [0, 0.05) is 31.1 Å². The van der Waals surface area contributed by atoms with Gasteiger partial charge in [-0.15, -0.1) is 11.3 Å². The Bertz CT molecular complexity index is 477. The quantitative estimate of drug-likeness (QED) is 0.805. The zero-order valence-corrected chi connectivity index (χ0v) is 11.6. The number of nitrogens with one attached hydrogen (secondary N) is 1. The van der Waals surface area contributed by atoms with Gasteiger partial charge in [-0.2, -0.15) is 0 Å². The highest BCUT2D eigenvalue weighted by Crippen LogP contribution is 2.22. The molecular weight excluding hydrogens is 274 g/mol. The second-order valence-corrected chi connectivity index (χ2v) is 7.44. The van der Waals surface area contributed by atoms with Crippen molar-refractivity contribution in [2.45, 2.75) is 17.1 Å². The van der Waals surface area contributed by atoms with E-state index in [0.29, 0.717) is 30.4 Å². The molecule has 1 fully saturated rings. The van der Waals surface area contributed by atoms with Crippen LogP contribution in [0.3, 0.4) is 0 Å². The predicted octanol–water partition coefficient (Wildman–Crippen LogP) is 0.598. The fourth-order valence-corrected chi connectivity index (χ4v) is 4.30. The zero-order chi connectivity index (χ0) is 13.0. The van der Waals surface area contributed by atoms with Crippen molar-refractivity contribution < 1.29 is 18.3 Å². The normalized spacial score (nSPS) is 20.4. The van der Waals surface area contributed by atoms with Gasteiger partial charge < -0.3 is 9.84 Å². The van der Waals surface area contributed by atoms with Gasteiger partial charge in [-0.3, -0.25) is 0 Å². The van der Waals surface area contributed by atoms with Crippen molar-refractivity contribution in [2.24, 2.45) is 5.92 Å². The summed E-state index contributed by atoms with van der Waals surface area (Å²) in [5.41, 5.74) is 0. The first-order valence-corrected chi connectivity index (χ1v) is 8.19. The molecule has 0 spiro atoms. The number of hydrogen-bond donors (Lipinski definition) is 2. The maximum atomic E-state index is 12.0. The Morgan fingerprint density at radius 3 is 3.00 bits per heavy atom. The van der Waals surface area contributed by atoms with Crippen molar-refractivity contribution in [3.8, 4) is 0 Å². The first-order valence-electron chi connectivity index (χ1n) is 5.89. The van der Waals surface area contributed by atoms with Gasteiger partial charge in [0.15, 0.2) is 0 Å². The minimum atomic E-state index is -3.41. The highest BCUT2D eigenvalue weighted by atomic mass is 32.2. The average Bonchev–Trinajstić information content (AvgIpc) is 2.98. The Morgan fingerprint density at radius 1 is 1.50 bits per heavy atom. The Hall–Kier alpha value is -0.470. The summed E-state index contributed by atoms with van der Waals surface area (Å²) < 4.78 is 32.1. The number of thiophene rings is 1. The number of sulfonamides is 1. The number of hydrogen-bond acceptors (Lipinski definition) is 5. The molecule has 1 aliphatic rings. The van der Waals surface area contributed by atoms with Crippen LogP contribution in [0.1, 0.15) is 11.3 Å². The van der Waals surface area contributed by atoms with Crippen LogP contribution >= 0.6 is 11.3 Å². The van der Waals surface area contributed by atoms with Crippen LogP contribution in [0.15, 0.2) is 16.3 Å². The van der Waals surface area contributed by atoms with Crippen LogP contribution < -0.4 is 4.72 Å². The fraction of sp³-hybridized carbons (Fsp3) is 0.636. The van der Waals surface area contributed by atoms with Crippen LogP contribution in [0.4, 0.5) is 0 Å². The van der Waals surface area contributed by atoms with Gasteiger partial charge in [-0.1, -0.05) is 0 Å². The summed E-state index contributed by atoms with van der Waals surface area (Å²) in [4.78, 5) is 0.877. The number of aliphatic hydroxyl groups is 1. The van der Waals surface area contributed by atoms with Crippen molar-refractivity contribution in [2.75, 3.05) is 26.4 Å². The maximum absolute atomic E-state index is 12.0. The number of rotatable bonds is 6. The Kier molecular flexibility index (Phi) is 4.74. The minimum absolute atomic E-state index is 0.0346. The molecule has 2 rings (SSSR count). The van der Waals surface area contributed by atoms with E-state index >= 15 is 0 Å². The second kappa shape index (κ2) is 6.12. The van der Waals surface area contributed by atoms with Gasteiger partial charge in [0.2, 0.25) is 10.0 Å². The van der Waals surface area contributed by atoms with Gasteiger partial charge in [0.05, 0.1) is 6.61 Å². The third-order valence-electron chi connectivity index (χ3n) is 2.85. The summed E-state index contributed by atoms with van der Waals surface area (Å²) >= 11 is 1.21. The Morgan fingerprint density at radius 2 is 2.33 bits per heavy atom. The van der Waals surface area contributed by atoms with Crippen LogP contribution in [0.5, 0.6) is 0 Å². The molecule has 5 nitrogen and oxygen atoms in total. The van der Waals surface area contributed by atoms with Gasteiger partial charge in [0.25, 0.3) is 0 Å². The lowest BCUT2D eigenvalue weighted by Crippen LogP contribution is -2.29. The molecule has 1 aliphatic heterocycles. The molecule has 1 unspecified atom stereocenters. The fourth-order valence-electron chi connectivity index (χ4n) is 1.79. The zero-order valence-electron chi connectivity index (χ0n) is 9.96. The molecule has 7 heteroatoms. The molecule has 0 amide bonds. The van der Waals surface area contributed by atoms with E-state index in [9.17, 15) is 8.42 Å². The SMILES string of the molecule is O=S(=O)(NCC1CCOC1)c1ccc(CCO)s1. The van der Waals surface area contributed by atoms with Crippen molar-refractivity contribution in [3.63, 3.8) is 0 Å². The van der Waals surface area contributed by atoms with E-state index < -0.39 is 10.0 Å². The molecule has 0 bridgehead atoms. The molecule has 102 valence electrons. The second-order valence-electron chi connectivity index (χ2n) is 4.28. The monoisotopic (exact) mass is 291 g/mol. The standard InChI is InChI=1S/C11H17NO4S2/c13-5-3-10-1-2-11(17-10)18(14,15)12-7-9-4-6-16-8-9/h1-2,9,12-13H,3-8H2. The van der Waals surface area contributed by atoms with Crippen LogP contribution in [0, 0.1) is 5.92 Å². The maximum Gasteiger partial charge on any atom is 0.250 e. The third kappa shape index (κ3) is 3.52. The van der Waals surface area contributed by atoms with Gasteiger partial charge in [0.1, 0.15) is 4.21 Å². The molecule has 2 heterocycles. The first-order chi connectivity index (χ1) is 8.62. The summed E-state index contributed by atoms with van der Waals surface area (Å²) in [7, 11) is -3.41. The van der Waals surface area contributed by atoms with Crippen LogP contribution in [-0.2, 0) is 21.2 Å². The van der Waals surface area contributed by atoms with E-state index in [1.807, 2.05) is 0 Å². The first kappa shape index (κ1) is 14.0. The van der Waals surface area contributed by atoms with Crippen molar-refractivity contribution >= 4 is 21.4 Å². The molecule has 1 aromatic heterocycles. The lowest BCUT2D eigenvalue weighted by atomic mass is 10.1. The third-order valence-corrected chi connectivity index (χ3v) is 5.91. The van der Waals surface area contributed by atoms with Gasteiger partial charge >= 0.3 is 0 Å². The summed E-state index contributed by atoms with van der Waals surface area (Å²) in [6, 6.07) is 3.33. The molecule has 1 saturated heterocycles. The van der Waals surface area contributed by atoms with E-state index in [1.54, 1.807) is 12.1 Å². The van der Waals surface area contributed by atoms with E-state index in [4.69, 9.17) is 9.84 Å². The Labute approximate surface area is 111 Å². The molecule has 0 aliphatic carbocycles. The van der Waals surface area contributed by atoms with Crippen LogP contribution in [0.2, 0.25) is 0 Å². The highest BCUT2D eigenvalue weighted by molar-refractivity contribution is 7.91. The van der Waals surface area contributed by atoms with Crippen LogP contribution in [-0.4, -0.2) is 39.9 Å². The lowest BCUT2D eigenvalue weighted by molar-refractivity contribution is 0.186. The van der Waals surface area contributed by atoms with Crippen LogP contribution in [0.25, 0.3) is 0 Å². The molecule has 1 aromatic rings. The van der Waals surface area contributed by atoms with E-state index in [-0.39, 0.29) is 12.5 Å². The smallest absolute Gasteiger partial charge is 0.250 e. The van der Waals surface area contributed by atoms with Crippen molar-refractivity contribution in [1.82, 2.24) is 4.72 Å². The lowest BCUT2D eigenvalue weighted by Gasteiger charge is -2.08.